The average molecular weight is 536 g/mol. The molecule has 0 radical (unpaired) electrons. The van der Waals surface area contributed by atoms with Gasteiger partial charge in [-0.1, -0.05) is 23.2 Å². The molecule has 0 spiro atoms. The molecule has 0 bridgehead atoms. The van der Waals surface area contributed by atoms with E-state index in [1.165, 1.54) is 6.20 Å². The van der Waals surface area contributed by atoms with Gasteiger partial charge in [-0.3, -0.25) is 0 Å². The Morgan fingerprint density at radius 1 is 1.36 bits per heavy atom. The van der Waals surface area contributed by atoms with E-state index in [0.29, 0.717) is 11.3 Å². The van der Waals surface area contributed by atoms with Crippen LogP contribution in [-0.4, -0.2) is 21.4 Å². The second-order valence-corrected chi connectivity index (χ2v) is 8.43. The predicted molar refractivity (Wildman–Crippen MR) is 115 cm³/mol. The largest absolute Gasteiger partial charge is 0.486 e. The lowest BCUT2D eigenvalue weighted by atomic mass is 10.1. The summed E-state index contributed by atoms with van der Waals surface area (Å²) in [4.78, 5) is 3.52. The molecule has 9 heteroatoms. The number of hydrogen-bond donors (Lipinski definition) is 0. The van der Waals surface area contributed by atoms with Crippen LogP contribution in [-0.2, 0) is 4.74 Å². The van der Waals surface area contributed by atoms with E-state index in [-0.39, 0.29) is 16.3 Å². The summed E-state index contributed by atoms with van der Waals surface area (Å²) in [5.41, 5.74) is 1.36. The van der Waals surface area contributed by atoms with E-state index in [4.69, 9.17) is 32.7 Å². The summed E-state index contributed by atoms with van der Waals surface area (Å²) in [7, 11) is 0. The van der Waals surface area contributed by atoms with Crippen LogP contribution in [0.1, 0.15) is 44.1 Å². The third-order valence-corrected chi connectivity index (χ3v) is 6.20. The number of aromatic nitrogens is 3. The first-order valence-electron chi connectivity index (χ1n) is 8.91. The van der Waals surface area contributed by atoms with Crippen LogP contribution < -0.4 is 4.74 Å². The van der Waals surface area contributed by atoms with Crippen molar-refractivity contribution in [3.05, 3.63) is 49.7 Å². The summed E-state index contributed by atoms with van der Waals surface area (Å²) in [6.45, 7) is 2.52. The third kappa shape index (κ3) is 3.81. The van der Waals surface area contributed by atoms with Crippen molar-refractivity contribution in [3.63, 3.8) is 0 Å². The standard InChI is InChI=1S/C19H17Cl2FIN3O2/c1-10(16-13(20)9-24-18(22)17(16)21)28-11-5-6-14-12(8-11)19(23)25-26(14)15-4-2-3-7-27-15/h5-6,8-10,15H,2-4,7H2,1H3. The Morgan fingerprint density at radius 2 is 2.18 bits per heavy atom. The van der Waals surface area contributed by atoms with Crippen molar-refractivity contribution in [2.75, 3.05) is 6.61 Å². The van der Waals surface area contributed by atoms with E-state index in [1.54, 1.807) is 6.92 Å². The first-order valence-corrected chi connectivity index (χ1v) is 10.7. The molecule has 2 aromatic heterocycles. The molecule has 0 aliphatic carbocycles. The van der Waals surface area contributed by atoms with Crippen LogP contribution >= 0.6 is 45.8 Å². The van der Waals surface area contributed by atoms with E-state index in [9.17, 15) is 4.39 Å². The predicted octanol–water partition coefficient (Wildman–Crippen LogP) is 6.32. The lowest BCUT2D eigenvalue weighted by Crippen LogP contribution is -2.19. The molecule has 3 aromatic rings. The lowest BCUT2D eigenvalue weighted by molar-refractivity contribution is -0.0368. The number of fused-ring (bicyclic) bond motifs is 1. The minimum atomic E-state index is -0.768. The summed E-state index contributed by atoms with van der Waals surface area (Å²) in [6.07, 6.45) is 3.81. The first-order chi connectivity index (χ1) is 13.5. The second-order valence-electron chi connectivity index (χ2n) is 6.62. The number of halogens is 4. The zero-order chi connectivity index (χ0) is 19.8. The Balaban J connectivity index is 1.64. The highest BCUT2D eigenvalue weighted by atomic mass is 127. The maximum absolute atomic E-state index is 13.7. The number of ether oxygens (including phenoxy) is 2. The fraction of sp³-hybridized carbons (Fsp3) is 0.368. The highest BCUT2D eigenvalue weighted by molar-refractivity contribution is 14.1. The van der Waals surface area contributed by atoms with Crippen LogP contribution in [0, 0.1) is 9.65 Å². The molecular formula is C19H17Cl2FIN3O2. The molecule has 1 aliphatic heterocycles. The Morgan fingerprint density at radius 3 is 2.93 bits per heavy atom. The van der Waals surface area contributed by atoms with Gasteiger partial charge in [0.05, 0.1) is 10.5 Å². The summed E-state index contributed by atoms with van der Waals surface area (Å²) >= 11 is 14.4. The summed E-state index contributed by atoms with van der Waals surface area (Å²) in [5, 5.41) is 5.76. The van der Waals surface area contributed by atoms with Gasteiger partial charge in [0.1, 0.15) is 20.6 Å². The van der Waals surface area contributed by atoms with Crippen molar-refractivity contribution >= 4 is 56.7 Å². The number of benzene rings is 1. The average Bonchev–Trinajstić information content (AvgIpc) is 3.02. The van der Waals surface area contributed by atoms with Crippen molar-refractivity contribution in [1.82, 2.24) is 14.8 Å². The minimum Gasteiger partial charge on any atom is -0.486 e. The van der Waals surface area contributed by atoms with Gasteiger partial charge in [-0.2, -0.15) is 9.49 Å². The van der Waals surface area contributed by atoms with E-state index >= 15 is 0 Å². The normalized spacial score (nSPS) is 18.4. The van der Waals surface area contributed by atoms with Crippen LogP contribution in [0.15, 0.2) is 24.4 Å². The molecule has 148 valence electrons. The van der Waals surface area contributed by atoms with Gasteiger partial charge in [-0.25, -0.2) is 9.67 Å². The van der Waals surface area contributed by atoms with Gasteiger partial charge in [0.25, 0.3) is 0 Å². The zero-order valence-corrected chi connectivity index (χ0v) is 18.6. The molecule has 0 saturated carbocycles. The quantitative estimate of drug-likeness (QED) is 0.290. The van der Waals surface area contributed by atoms with Crippen molar-refractivity contribution in [1.29, 1.82) is 0 Å². The highest BCUT2D eigenvalue weighted by Crippen LogP contribution is 2.36. The molecule has 2 atom stereocenters. The van der Waals surface area contributed by atoms with Crippen molar-refractivity contribution in [2.45, 2.75) is 38.5 Å². The highest BCUT2D eigenvalue weighted by Gasteiger charge is 2.22. The SMILES string of the molecule is CC(Oc1ccc2c(c1)c(I)nn2C1CCCCO1)c1c(Cl)cnc(F)c1Cl. The van der Waals surface area contributed by atoms with E-state index < -0.39 is 12.1 Å². The van der Waals surface area contributed by atoms with Crippen LogP contribution in [0.25, 0.3) is 10.9 Å². The first kappa shape index (κ1) is 20.1. The lowest BCUT2D eigenvalue weighted by Gasteiger charge is -2.23. The third-order valence-electron chi connectivity index (χ3n) is 4.75. The fourth-order valence-corrected chi connectivity index (χ4v) is 4.70. The fourth-order valence-electron chi connectivity index (χ4n) is 3.38. The molecule has 2 unspecified atom stereocenters. The molecule has 1 aromatic carbocycles. The van der Waals surface area contributed by atoms with Crippen LogP contribution in [0.4, 0.5) is 4.39 Å². The van der Waals surface area contributed by atoms with Crippen LogP contribution in [0.3, 0.4) is 0 Å². The van der Waals surface area contributed by atoms with Gasteiger partial charge in [-0.15, -0.1) is 0 Å². The van der Waals surface area contributed by atoms with E-state index in [0.717, 1.165) is 40.5 Å². The van der Waals surface area contributed by atoms with Crippen LogP contribution in [0.5, 0.6) is 5.75 Å². The molecule has 4 rings (SSSR count). The molecule has 1 fully saturated rings. The number of rotatable bonds is 4. The number of pyridine rings is 1. The molecule has 0 amide bonds. The van der Waals surface area contributed by atoms with Gasteiger partial charge < -0.3 is 9.47 Å². The van der Waals surface area contributed by atoms with Gasteiger partial charge in [0, 0.05) is 23.8 Å². The number of nitrogens with zero attached hydrogens (tertiary/aromatic N) is 3. The molecule has 3 heterocycles. The van der Waals surface area contributed by atoms with Crippen molar-refractivity contribution in [2.24, 2.45) is 0 Å². The summed E-state index contributed by atoms with van der Waals surface area (Å²) in [5.74, 6) is -0.151. The summed E-state index contributed by atoms with van der Waals surface area (Å²) in [6, 6.07) is 5.73. The molecule has 28 heavy (non-hydrogen) atoms. The minimum absolute atomic E-state index is 0.0390. The number of hydrogen-bond acceptors (Lipinski definition) is 4. The van der Waals surface area contributed by atoms with Crippen molar-refractivity contribution < 1.29 is 13.9 Å². The maximum atomic E-state index is 13.7. The van der Waals surface area contributed by atoms with Crippen molar-refractivity contribution in [3.8, 4) is 5.75 Å². The summed E-state index contributed by atoms with van der Waals surface area (Å²) < 4.78 is 28.4. The van der Waals surface area contributed by atoms with Crippen LogP contribution in [0.2, 0.25) is 10.0 Å². The molecule has 0 N–H and O–H groups in total. The molecule has 1 saturated heterocycles. The second kappa shape index (κ2) is 8.30. The Kier molecular flexibility index (Phi) is 5.96. The van der Waals surface area contributed by atoms with Gasteiger partial charge >= 0.3 is 0 Å². The van der Waals surface area contributed by atoms with Gasteiger partial charge in [0.2, 0.25) is 5.95 Å². The Bertz CT molecular complexity index is 1020. The Labute approximate surface area is 185 Å². The topological polar surface area (TPSA) is 49.2 Å². The smallest absolute Gasteiger partial charge is 0.232 e. The van der Waals surface area contributed by atoms with E-state index in [1.807, 2.05) is 22.9 Å². The molecule has 1 aliphatic rings. The molecule has 5 nitrogen and oxygen atoms in total. The molecular weight excluding hydrogens is 519 g/mol. The van der Waals surface area contributed by atoms with Gasteiger partial charge in [-0.05, 0) is 67.0 Å². The monoisotopic (exact) mass is 535 g/mol. The Hall–Kier alpha value is -1.16. The van der Waals surface area contributed by atoms with E-state index in [2.05, 4.69) is 32.7 Å². The zero-order valence-electron chi connectivity index (χ0n) is 15.0. The van der Waals surface area contributed by atoms with Gasteiger partial charge in [0.15, 0.2) is 6.23 Å². The maximum Gasteiger partial charge on any atom is 0.232 e.